The summed E-state index contributed by atoms with van der Waals surface area (Å²) in [5, 5.41) is 11.9. The lowest BCUT2D eigenvalue weighted by molar-refractivity contribution is -0.384. The molecular formula is C31H18Cl3N3O4S. The second-order valence-corrected chi connectivity index (χ2v) is 12.2. The van der Waals surface area contributed by atoms with Crippen molar-refractivity contribution >= 4 is 63.6 Å². The summed E-state index contributed by atoms with van der Waals surface area (Å²) in [6.45, 7) is 0. The number of aromatic nitrogens is 1. The maximum Gasteiger partial charge on any atom is 0.289 e. The number of allylic oxidation sites excluding steroid dienone is 1. The van der Waals surface area contributed by atoms with E-state index in [0.29, 0.717) is 31.4 Å². The molecular weight excluding hydrogens is 617 g/mol. The fourth-order valence-corrected chi connectivity index (χ4v) is 7.13. The Kier molecular flexibility index (Phi) is 6.66. The molecule has 208 valence electrons. The zero-order valence-corrected chi connectivity index (χ0v) is 24.6. The normalized spacial score (nSPS) is 16.1. The standard InChI is InChI=1S/C31H18Cl3N3O4S/c32-18-8-5-17(6-9-18)29-21-11-7-16-3-1-2-4-20(16)28(21)35-31-36(29)30(38)27(42-31)13-19-10-12-26(41-19)22-14-24(34)25(37(39)40)15-23(22)33/h1-6,8-10,12-15,29H,7,11H2/b27-13-/t29-/m0/s1. The van der Waals surface area contributed by atoms with E-state index in [0.717, 1.165) is 35.2 Å². The van der Waals surface area contributed by atoms with Gasteiger partial charge in [0.25, 0.3) is 11.2 Å². The summed E-state index contributed by atoms with van der Waals surface area (Å²) in [5.41, 5.74) is 5.22. The van der Waals surface area contributed by atoms with Gasteiger partial charge < -0.3 is 4.42 Å². The molecule has 0 fully saturated rings. The van der Waals surface area contributed by atoms with Crippen LogP contribution in [0.5, 0.6) is 0 Å². The van der Waals surface area contributed by atoms with Crippen LogP contribution >= 0.6 is 46.1 Å². The summed E-state index contributed by atoms with van der Waals surface area (Å²) in [5.74, 6) is 0.778. The summed E-state index contributed by atoms with van der Waals surface area (Å²) < 4.78 is 8.20. The minimum absolute atomic E-state index is 0.0570. The molecule has 7 rings (SSSR count). The first-order valence-corrected chi connectivity index (χ1v) is 14.9. The van der Waals surface area contributed by atoms with Crippen LogP contribution in [0.4, 0.5) is 5.69 Å². The number of aryl methyl sites for hydroxylation is 1. The van der Waals surface area contributed by atoms with E-state index in [4.69, 9.17) is 44.2 Å². The van der Waals surface area contributed by atoms with Gasteiger partial charge in [-0.15, -0.1) is 0 Å². The Labute approximate surface area is 257 Å². The Hall–Kier alpha value is -3.95. The molecule has 2 aliphatic rings. The van der Waals surface area contributed by atoms with Gasteiger partial charge in [-0.3, -0.25) is 19.5 Å². The van der Waals surface area contributed by atoms with Gasteiger partial charge in [-0.1, -0.05) is 82.5 Å². The van der Waals surface area contributed by atoms with Crippen molar-refractivity contribution in [1.82, 2.24) is 4.57 Å². The third-order valence-corrected chi connectivity index (χ3v) is 9.31. The second kappa shape index (κ2) is 10.4. The highest BCUT2D eigenvalue weighted by Gasteiger charge is 2.32. The first-order valence-electron chi connectivity index (χ1n) is 12.9. The summed E-state index contributed by atoms with van der Waals surface area (Å²) in [6.07, 6.45) is 3.32. The number of furan rings is 1. The first-order chi connectivity index (χ1) is 20.3. The van der Waals surface area contributed by atoms with E-state index in [1.54, 1.807) is 22.8 Å². The van der Waals surface area contributed by atoms with Crippen LogP contribution in [0.15, 0.2) is 92.6 Å². The van der Waals surface area contributed by atoms with Crippen LogP contribution in [0.25, 0.3) is 23.1 Å². The van der Waals surface area contributed by atoms with Gasteiger partial charge in [0, 0.05) is 28.3 Å². The molecule has 0 N–H and O–H groups in total. The highest BCUT2D eigenvalue weighted by molar-refractivity contribution is 7.07. The summed E-state index contributed by atoms with van der Waals surface area (Å²) >= 11 is 19.9. The number of rotatable bonds is 4. The predicted molar refractivity (Wildman–Crippen MR) is 165 cm³/mol. The van der Waals surface area contributed by atoms with E-state index in [2.05, 4.69) is 12.1 Å². The van der Waals surface area contributed by atoms with Gasteiger partial charge in [-0.25, -0.2) is 4.99 Å². The van der Waals surface area contributed by atoms with E-state index in [-0.39, 0.29) is 27.3 Å². The zero-order chi connectivity index (χ0) is 29.1. The third kappa shape index (κ3) is 4.51. The fourth-order valence-electron chi connectivity index (χ4n) is 5.54. The van der Waals surface area contributed by atoms with Crippen LogP contribution in [-0.4, -0.2) is 9.49 Å². The van der Waals surface area contributed by atoms with Crippen molar-refractivity contribution in [2.45, 2.75) is 18.9 Å². The minimum atomic E-state index is -0.598. The van der Waals surface area contributed by atoms with Crippen LogP contribution in [-0.2, 0) is 6.42 Å². The highest BCUT2D eigenvalue weighted by Crippen LogP contribution is 2.41. The minimum Gasteiger partial charge on any atom is -0.457 e. The number of thiazole rings is 1. The largest absolute Gasteiger partial charge is 0.457 e. The van der Waals surface area contributed by atoms with Crippen molar-refractivity contribution in [2.75, 3.05) is 0 Å². The van der Waals surface area contributed by atoms with E-state index in [9.17, 15) is 14.9 Å². The van der Waals surface area contributed by atoms with E-state index in [1.165, 1.54) is 29.0 Å². The Morgan fingerprint density at radius 1 is 0.976 bits per heavy atom. The molecule has 0 radical (unpaired) electrons. The quantitative estimate of drug-likeness (QED) is 0.152. The molecule has 0 saturated carbocycles. The van der Waals surface area contributed by atoms with Gasteiger partial charge in [-0.05, 0) is 59.9 Å². The summed E-state index contributed by atoms with van der Waals surface area (Å²) in [4.78, 5) is 30.2. The molecule has 7 nitrogen and oxygen atoms in total. The molecule has 0 unspecified atom stereocenters. The molecule has 42 heavy (non-hydrogen) atoms. The molecule has 3 heterocycles. The Balaban J connectivity index is 1.36. The van der Waals surface area contributed by atoms with Gasteiger partial charge >= 0.3 is 0 Å². The van der Waals surface area contributed by atoms with Crippen LogP contribution in [0.1, 0.15) is 34.9 Å². The summed E-state index contributed by atoms with van der Waals surface area (Å²) in [7, 11) is 0. The van der Waals surface area contributed by atoms with Gasteiger partial charge in [-0.2, -0.15) is 0 Å². The molecule has 5 aromatic rings. The second-order valence-electron chi connectivity index (χ2n) is 9.91. The predicted octanol–water partition coefficient (Wildman–Crippen LogP) is 7.45. The van der Waals surface area contributed by atoms with E-state index < -0.39 is 4.92 Å². The number of hydrogen-bond donors (Lipinski definition) is 0. The number of nitro benzene ring substituents is 1. The number of benzene rings is 3. The smallest absolute Gasteiger partial charge is 0.289 e. The van der Waals surface area contributed by atoms with Gasteiger partial charge in [0.2, 0.25) is 0 Å². The molecule has 0 saturated heterocycles. The maximum absolute atomic E-state index is 14.0. The van der Waals surface area contributed by atoms with Crippen LogP contribution < -0.4 is 14.9 Å². The molecule has 3 aromatic carbocycles. The molecule has 1 aliphatic carbocycles. The molecule has 1 aliphatic heterocycles. The van der Waals surface area contributed by atoms with E-state index in [1.807, 2.05) is 36.4 Å². The third-order valence-electron chi connectivity index (χ3n) is 7.46. The molecule has 11 heteroatoms. The maximum atomic E-state index is 14.0. The number of halogens is 3. The van der Waals surface area contributed by atoms with Crippen molar-refractivity contribution in [3.8, 4) is 11.3 Å². The lowest BCUT2D eigenvalue weighted by atomic mass is 9.83. The van der Waals surface area contributed by atoms with Crippen molar-refractivity contribution in [3.05, 3.63) is 146 Å². The molecule has 1 atom stereocenters. The molecule has 0 spiro atoms. The molecule has 0 bridgehead atoms. The molecule has 0 amide bonds. The number of nitro groups is 1. The van der Waals surface area contributed by atoms with E-state index >= 15 is 0 Å². The van der Waals surface area contributed by atoms with Crippen molar-refractivity contribution in [3.63, 3.8) is 0 Å². The average Bonchev–Trinajstić information content (AvgIpc) is 3.57. The van der Waals surface area contributed by atoms with Crippen LogP contribution in [0.3, 0.4) is 0 Å². The number of nitrogens with zero attached hydrogens (tertiary/aromatic N) is 3. The Morgan fingerprint density at radius 2 is 1.76 bits per heavy atom. The summed E-state index contributed by atoms with van der Waals surface area (Å²) in [6, 6.07) is 21.5. The van der Waals surface area contributed by atoms with Crippen LogP contribution in [0, 0.1) is 10.1 Å². The topological polar surface area (TPSA) is 90.6 Å². The lowest BCUT2D eigenvalue weighted by Gasteiger charge is -2.30. The van der Waals surface area contributed by atoms with Gasteiger partial charge in [0.05, 0.1) is 26.2 Å². The van der Waals surface area contributed by atoms with Gasteiger partial charge in [0.15, 0.2) is 4.80 Å². The molecule has 2 aromatic heterocycles. The number of hydrogen-bond acceptors (Lipinski definition) is 6. The highest BCUT2D eigenvalue weighted by atomic mass is 35.5. The zero-order valence-electron chi connectivity index (χ0n) is 21.5. The lowest BCUT2D eigenvalue weighted by Crippen LogP contribution is -2.38. The Morgan fingerprint density at radius 3 is 2.55 bits per heavy atom. The van der Waals surface area contributed by atoms with Crippen molar-refractivity contribution < 1.29 is 9.34 Å². The van der Waals surface area contributed by atoms with Crippen molar-refractivity contribution in [1.29, 1.82) is 0 Å². The Bertz CT molecular complexity index is 2140. The fraction of sp³-hybridized carbons (Fsp3) is 0.0968. The SMILES string of the molecule is O=c1/c(=C/c2ccc(-c3cc(Cl)c([N+](=O)[O-])cc3Cl)o2)sc2n1[C@@H](c1ccc(Cl)cc1)C1=C(N=2)c2ccccc2CC1. The monoisotopic (exact) mass is 633 g/mol. The van der Waals surface area contributed by atoms with Crippen molar-refractivity contribution in [2.24, 2.45) is 4.99 Å². The number of fused-ring (bicyclic) bond motifs is 3. The van der Waals surface area contributed by atoms with Crippen LogP contribution in [0.2, 0.25) is 15.1 Å². The first kappa shape index (κ1) is 26.9. The van der Waals surface area contributed by atoms with Gasteiger partial charge in [0.1, 0.15) is 16.5 Å². The average molecular weight is 635 g/mol.